The van der Waals surface area contributed by atoms with Gasteiger partial charge < -0.3 is 5.32 Å². The van der Waals surface area contributed by atoms with Crippen LogP contribution in [0.4, 0.5) is 0 Å². The quantitative estimate of drug-likeness (QED) is 0.590. The van der Waals surface area contributed by atoms with E-state index in [1.165, 1.54) is 9.77 Å². The van der Waals surface area contributed by atoms with Gasteiger partial charge in [0.15, 0.2) is 0 Å². The summed E-state index contributed by atoms with van der Waals surface area (Å²) in [4.78, 5) is 2.78. The van der Waals surface area contributed by atoms with Crippen LogP contribution in [-0.2, 0) is 6.42 Å². The summed E-state index contributed by atoms with van der Waals surface area (Å²) in [6, 6.07) is 12.8. The van der Waals surface area contributed by atoms with Crippen LogP contribution in [0.3, 0.4) is 0 Å². The van der Waals surface area contributed by atoms with Crippen molar-refractivity contribution in [2.24, 2.45) is 0 Å². The van der Waals surface area contributed by atoms with Crippen LogP contribution in [0.25, 0.3) is 0 Å². The van der Waals surface area contributed by atoms with E-state index in [4.69, 9.17) is 0 Å². The van der Waals surface area contributed by atoms with E-state index in [1.54, 1.807) is 0 Å². The summed E-state index contributed by atoms with van der Waals surface area (Å²) in [6.07, 6.45) is 1.14. The number of hydrogen-bond acceptors (Lipinski definition) is 3. The minimum atomic E-state index is 1.06. The Morgan fingerprint density at radius 2 is 2.11 bits per heavy atom. The van der Waals surface area contributed by atoms with Crippen molar-refractivity contribution in [1.29, 1.82) is 0 Å². The summed E-state index contributed by atoms with van der Waals surface area (Å²) in [5.41, 5.74) is 0. The molecule has 1 heterocycles. The van der Waals surface area contributed by atoms with E-state index < -0.39 is 0 Å². The van der Waals surface area contributed by atoms with Gasteiger partial charge in [0.05, 0.1) is 0 Å². The number of halogens is 1. The molecule has 0 atom stereocenters. The van der Waals surface area contributed by atoms with Crippen molar-refractivity contribution in [3.63, 3.8) is 0 Å². The van der Waals surface area contributed by atoms with E-state index in [0.29, 0.717) is 0 Å². The topological polar surface area (TPSA) is 12.0 Å². The standard InChI is InChI=1S/C14H16BrNS2/c15-12-3-1-4-14(11-12)18-10-8-16-7-6-13-5-2-9-17-13/h1-5,9,11,16H,6-8,10H2. The molecule has 1 aromatic heterocycles. The van der Waals surface area contributed by atoms with E-state index in [2.05, 4.69) is 63.0 Å². The molecule has 0 aliphatic rings. The molecule has 2 aromatic rings. The SMILES string of the molecule is Brc1cccc(SCCNCCc2cccs2)c1. The lowest BCUT2D eigenvalue weighted by molar-refractivity contribution is 0.725. The number of rotatable bonds is 7. The van der Waals surface area contributed by atoms with Gasteiger partial charge in [0.25, 0.3) is 0 Å². The van der Waals surface area contributed by atoms with E-state index in [9.17, 15) is 0 Å². The van der Waals surface area contributed by atoms with Gasteiger partial charge in [0.2, 0.25) is 0 Å². The van der Waals surface area contributed by atoms with Crippen molar-refractivity contribution in [2.45, 2.75) is 11.3 Å². The van der Waals surface area contributed by atoms with Crippen LogP contribution in [0, 0.1) is 0 Å². The third-order valence-electron chi connectivity index (χ3n) is 2.47. The fraction of sp³-hybridized carbons (Fsp3) is 0.286. The van der Waals surface area contributed by atoms with Gasteiger partial charge in [-0.1, -0.05) is 28.1 Å². The molecular weight excluding hydrogens is 326 g/mol. The maximum Gasteiger partial charge on any atom is 0.0186 e. The molecule has 96 valence electrons. The average Bonchev–Trinajstić information content (AvgIpc) is 2.87. The Balaban J connectivity index is 1.56. The minimum Gasteiger partial charge on any atom is -0.316 e. The Bertz CT molecular complexity index is 457. The van der Waals surface area contributed by atoms with Crippen LogP contribution in [0.2, 0.25) is 0 Å². The van der Waals surface area contributed by atoms with Gasteiger partial charge in [-0.25, -0.2) is 0 Å². The maximum atomic E-state index is 3.49. The van der Waals surface area contributed by atoms with E-state index in [0.717, 1.165) is 29.7 Å². The number of hydrogen-bond donors (Lipinski definition) is 1. The van der Waals surface area contributed by atoms with Crippen molar-refractivity contribution in [1.82, 2.24) is 5.32 Å². The highest BCUT2D eigenvalue weighted by Gasteiger charge is 1.96. The van der Waals surface area contributed by atoms with Crippen molar-refractivity contribution >= 4 is 39.0 Å². The van der Waals surface area contributed by atoms with Crippen LogP contribution in [0.1, 0.15) is 4.88 Å². The van der Waals surface area contributed by atoms with Gasteiger partial charge in [-0.2, -0.15) is 0 Å². The zero-order valence-corrected chi connectivity index (χ0v) is 13.3. The molecule has 0 amide bonds. The molecule has 0 saturated carbocycles. The number of thiophene rings is 1. The second-order valence-corrected chi connectivity index (χ2v) is 7.00. The third-order valence-corrected chi connectivity index (χ3v) is 4.90. The summed E-state index contributed by atoms with van der Waals surface area (Å²) in [5, 5.41) is 5.62. The molecule has 1 N–H and O–H groups in total. The van der Waals surface area contributed by atoms with Crippen molar-refractivity contribution in [2.75, 3.05) is 18.8 Å². The van der Waals surface area contributed by atoms with Gasteiger partial charge in [-0.15, -0.1) is 23.1 Å². The fourth-order valence-electron chi connectivity index (χ4n) is 1.59. The van der Waals surface area contributed by atoms with Crippen LogP contribution in [0.15, 0.2) is 51.1 Å². The summed E-state index contributed by atoms with van der Waals surface area (Å²) >= 11 is 7.22. The smallest absolute Gasteiger partial charge is 0.0186 e. The highest BCUT2D eigenvalue weighted by atomic mass is 79.9. The molecule has 0 aliphatic carbocycles. The molecule has 1 aromatic carbocycles. The van der Waals surface area contributed by atoms with E-state index in [-0.39, 0.29) is 0 Å². The molecule has 0 spiro atoms. The molecule has 0 radical (unpaired) electrons. The zero-order valence-electron chi connectivity index (χ0n) is 10.1. The van der Waals surface area contributed by atoms with Crippen LogP contribution < -0.4 is 5.32 Å². The Morgan fingerprint density at radius 1 is 1.17 bits per heavy atom. The first kappa shape index (κ1) is 14.1. The Hall–Kier alpha value is -0.290. The molecule has 2 rings (SSSR count). The minimum absolute atomic E-state index is 1.06. The zero-order chi connectivity index (χ0) is 12.6. The first-order valence-electron chi connectivity index (χ1n) is 5.96. The Morgan fingerprint density at radius 3 is 2.89 bits per heavy atom. The largest absolute Gasteiger partial charge is 0.316 e. The van der Waals surface area contributed by atoms with Gasteiger partial charge in [0, 0.05) is 26.5 Å². The molecule has 0 bridgehead atoms. The second-order valence-electron chi connectivity index (χ2n) is 3.89. The molecule has 4 heteroatoms. The lowest BCUT2D eigenvalue weighted by Gasteiger charge is -2.04. The molecule has 1 nitrogen and oxygen atoms in total. The van der Waals surface area contributed by atoms with Crippen LogP contribution in [-0.4, -0.2) is 18.8 Å². The van der Waals surface area contributed by atoms with E-state index >= 15 is 0 Å². The summed E-state index contributed by atoms with van der Waals surface area (Å²) in [5.74, 6) is 1.11. The predicted octanol–water partition coefficient (Wildman–Crippen LogP) is 4.44. The summed E-state index contributed by atoms with van der Waals surface area (Å²) < 4.78 is 1.15. The van der Waals surface area contributed by atoms with Gasteiger partial charge in [0.1, 0.15) is 0 Å². The third kappa shape index (κ3) is 5.14. The Labute approximate surface area is 125 Å². The molecule has 0 aliphatic heterocycles. The molecule has 0 saturated heterocycles. The second kappa shape index (κ2) is 8.00. The fourth-order valence-corrected chi connectivity index (χ4v) is 3.72. The Kier molecular flexibility index (Phi) is 6.28. The first-order chi connectivity index (χ1) is 8.84. The number of benzene rings is 1. The summed E-state index contributed by atoms with van der Waals surface area (Å²) in [7, 11) is 0. The monoisotopic (exact) mass is 341 g/mol. The lowest BCUT2D eigenvalue weighted by atomic mass is 10.3. The van der Waals surface area contributed by atoms with E-state index in [1.807, 2.05) is 23.1 Å². The van der Waals surface area contributed by atoms with Gasteiger partial charge >= 0.3 is 0 Å². The number of thioether (sulfide) groups is 1. The molecular formula is C14H16BrNS2. The molecule has 0 unspecified atom stereocenters. The predicted molar refractivity (Wildman–Crippen MR) is 85.8 cm³/mol. The van der Waals surface area contributed by atoms with Gasteiger partial charge in [-0.3, -0.25) is 0 Å². The first-order valence-corrected chi connectivity index (χ1v) is 8.62. The van der Waals surface area contributed by atoms with Gasteiger partial charge in [-0.05, 0) is 42.6 Å². The normalized spacial score (nSPS) is 10.7. The van der Waals surface area contributed by atoms with Crippen molar-refractivity contribution < 1.29 is 0 Å². The highest BCUT2D eigenvalue weighted by molar-refractivity contribution is 9.10. The molecule has 18 heavy (non-hydrogen) atoms. The van der Waals surface area contributed by atoms with Crippen molar-refractivity contribution in [3.05, 3.63) is 51.1 Å². The number of nitrogens with one attached hydrogen (secondary N) is 1. The van der Waals surface area contributed by atoms with Crippen molar-refractivity contribution in [3.8, 4) is 0 Å². The lowest BCUT2D eigenvalue weighted by Crippen LogP contribution is -2.19. The maximum absolute atomic E-state index is 3.49. The molecule has 0 fully saturated rings. The average molecular weight is 342 g/mol. The highest BCUT2D eigenvalue weighted by Crippen LogP contribution is 2.21. The van der Waals surface area contributed by atoms with Crippen LogP contribution in [0.5, 0.6) is 0 Å². The summed E-state index contributed by atoms with van der Waals surface area (Å²) in [6.45, 7) is 2.13. The van der Waals surface area contributed by atoms with Crippen LogP contribution >= 0.6 is 39.0 Å².